The first-order valence-corrected chi connectivity index (χ1v) is 9.52. The maximum absolute atomic E-state index is 12.6. The Morgan fingerprint density at radius 2 is 1.87 bits per heavy atom. The van der Waals surface area contributed by atoms with Crippen molar-refractivity contribution in [1.82, 2.24) is 15.1 Å². The zero-order valence-electron chi connectivity index (χ0n) is 16.5. The number of non-ortho nitro benzene ring substituents is 1. The molecule has 1 saturated heterocycles. The molecule has 0 bridgehead atoms. The molecule has 1 N–H and O–H groups in total. The highest BCUT2D eigenvalue weighted by molar-refractivity contribution is 6.22. The molecule has 0 aliphatic carbocycles. The van der Waals surface area contributed by atoms with Crippen LogP contribution in [-0.4, -0.2) is 77.7 Å². The van der Waals surface area contributed by atoms with Gasteiger partial charge in [-0.25, -0.2) is 0 Å². The molecule has 2 aliphatic rings. The fraction of sp³-hybridized carbons (Fsp3) is 0.474. The number of nitrogens with zero attached hydrogens (tertiary/aromatic N) is 3. The lowest BCUT2D eigenvalue weighted by Crippen LogP contribution is -2.49. The highest BCUT2D eigenvalue weighted by atomic mass is 16.6. The number of fused-ring (bicyclic) bond motifs is 1. The van der Waals surface area contributed by atoms with E-state index >= 15 is 0 Å². The Morgan fingerprint density at radius 1 is 1.20 bits per heavy atom. The van der Waals surface area contributed by atoms with Crippen molar-refractivity contribution in [3.05, 3.63) is 39.4 Å². The molecule has 2 heterocycles. The number of hydrogen-bond donors (Lipinski definition) is 1. The zero-order chi connectivity index (χ0) is 21.8. The summed E-state index contributed by atoms with van der Waals surface area (Å²) >= 11 is 0. The van der Waals surface area contributed by atoms with E-state index in [1.54, 1.807) is 4.90 Å². The molecule has 11 nitrogen and oxygen atoms in total. The molecule has 0 atom stereocenters. The number of nitrogens with one attached hydrogen (secondary N) is 1. The smallest absolute Gasteiger partial charge is 0.270 e. The molecule has 3 rings (SSSR count). The van der Waals surface area contributed by atoms with Gasteiger partial charge in [-0.1, -0.05) is 0 Å². The van der Waals surface area contributed by atoms with Gasteiger partial charge in [-0.15, -0.1) is 0 Å². The normalized spacial score (nSPS) is 16.6. The molecule has 0 aromatic heterocycles. The summed E-state index contributed by atoms with van der Waals surface area (Å²) in [6.45, 7) is 0.697. The number of ether oxygens (including phenoxy) is 1. The maximum Gasteiger partial charge on any atom is 0.270 e. The summed E-state index contributed by atoms with van der Waals surface area (Å²) in [5, 5.41) is 13.8. The van der Waals surface area contributed by atoms with Gasteiger partial charge in [0, 0.05) is 44.8 Å². The second-order valence-corrected chi connectivity index (χ2v) is 7.15. The van der Waals surface area contributed by atoms with Crippen molar-refractivity contribution in [1.29, 1.82) is 0 Å². The molecule has 1 fully saturated rings. The number of nitro groups is 1. The molecule has 0 radical (unpaired) electrons. The van der Waals surface area contributed by atoms with Gasteiger partial charge in [-0.05, 0) is 18.9 Å². The van der Waals surface area contributed by atoms with E-state index in [9.17, 15) is 29.3 Å². The van der Waals surface area contributed by atoms with E-state index in [1.807, 2.05) is 0 Å². The van der Waals surface area contributed by atoms with Gasteiger partial charge < -0.3 is 15.0 Å². The second-order valence-electron chi connectivity index (χ2n) is 7.15. The van der Waals surface area contributed by atoms with Gasteiger partial charge >= 0.3 is 0 Å². The molecular formula is C19H22N4O7. The molecule has 4 amide bonds. The Bertz CT molecular complexity index is 893. The van der Waals surface area contributed by atoms with Gasteiger partial charge in [0.1, 0.15) is 6.54 Å². The third kappa shape index (κ3) is 4.46. The molecule has 160 valence electrons. The van der Waals surface area contributed by atoms with Crippen LogP contribution in [0.15, 0.2) is 18.2 Å². The molecule has 30 heavy (non-hydrogen) atoms. The van der Waals surface area contributed by atoms with Crippen molar-refractivity contribution >= 4 is 29.3 Å². The average molecular weight is 418 g/mol. The summed E-state index contributed by atoms with van der Waals surface area (Å²) in [5.74, 6) is -1.85. The molecule has 0 spiro atoms. The van der Waals surface area contributed by atoms with Gasteiger partial charge in [0.25, 0.3) is 17.5 Å². The molecule has 1 aromatic carbocycles. The summed E-state index contributed by atoms with van der Waals surface area (Å²) in [7, 11) is 1.52. The largest absolute Gasteiger partial charge is 0.384 e. The van der Waals surface area contributed by atoms with Crippen LogP contribution < -0.4 is 5.32 Å². The van der Waals surface area contributed by atoms with E-state index in [2.05, 4.69) is 5.32 Å². The van der Waals surface area contributed by atoms with E-state index in [1.165, 1.54) is 13.2 Å². The summed E-state index contributed by atoms with van der Waals surface area (Å²) in [5.41, 5.74) is -0.312. The van der Waals surface area contributed by atoms with E-state index in [4.69, 9.17) is 4.74 Å². The fourth-order valence-electron chi connectivity index (χ4n) is 3.54. The van der Waals surface area contributed by atoms with E-state index in [0.29, 0.717) is 32.5 Å². The van der Waals surface area contributed by atoms with Crippen LogP contribution in [0.4, 0.5) is 5.69 Å². The minimum atomic E-state index is -0.715. The Balaban J connectivity index is 1.55. The van der Waals surface area contributed by atoms with Crippen LogP contribution in [-0.2, 0) is 14.3 Å². The van der Waals surface area contributed by atoms with Crippen molar-refractivity contribution in [2.45, 2.75) is 25.3 Å². The fourth-order valence-corrected chi connectivity index (χ4v) is 3.54. The zero-order valence-corrected chi connectivity index (χ0v) is 16.5. The van der Waals surface area contributed by atoms with Crippen LogP contribution in [0.3, 0.4) is 0 Å². The first kappa shape index (κ1) is 21.4. The van der Waals surface area contributed by atoms with Crippen LogP contribution in [0.5, 0.6) is 0 Å². The minimum absolute atomic E-state index is 0.0433. The lowest BCUT2D eigenvalue weighted by Gasteiger charge is -2.33. The number of likely N-dealkylation sites (tertiary alicyclic amines) is 1. The predicted octanol–water partition coefficient (Wildman–Crippen LogP) is 0.335. The highest BCUT2D eigenvalue weighted by Crippen LogP contribution is 2.27. The Labute approximate surface area is 172 Å². The SMILES string of the molecule is COCCC(=O)NC1CCN(C(=O)CN2C(=O)c3ccc([N+](=O)[O-])cc3C2=O)CC1. The molecule has 0 unspecified atom stereocenters. The number of carbonyl (C=O) groups is 4. The first-order chi connectivity index (χ1) is 14.3. The molecule has 11 heteroatoms. The summed E-state index contributed by atoms with van der Waals surface area (Å²) in [6.07, 6.45) is 1.41. The number of piperidine rings is 1. The lowest BCUT2D eigenvalue weighted by atomic mass is 10.0. The van der Waals surface area contributed by atoms with Crippen molar-refractivity contribution in [3.8, 4) is 0 Å². The summed E-state index contributed by atoms with van der Waals surface area (Å²) < 4.78 is 4.87. The van der Waals surface area contributed by atoms with Crippen LogP contribution >= 0.6 is 0 Å². The van der Waals surface area contributed by atoms with Gasteiger partial charge in [0.05, 0.1) is 22.7 Å². The Hall–Kier alpha value is -3.34. The topological polar surface area (TPSA) is 139 Å². The molecule has 2 aliphatic heterocycles. The quantitative estimate of drug-likeness (QED) is 0.382. The predicted molar refractivity (Wildman–Crippen MR) is 103 cm³/mol. The van der Waals surface area contributed by atoms with Crippen molar-refractivity contribution in [2.75, 3.05) is 33.4 Å². The summed E-state index contributed by atoms with van der Waals surface area (Å²) in [4.78, 5) is 62.0. The number of methoxy groups -OCH3 is 1. The van der Waals surface area contributed by atoms with Crippen LogP contribution in [0.2, 0.25) is 0 Å². The van der Waals surface area contributed by atoms with Gasteiger partial charge in [-0.2, -0.15) is 0 Å². The van der Waals surface area contributed by atoms with Crippen molar-refractivity contribution < 1.29 is 28.8 Å². The van der Waals surface area contributed by atoms with Crippen molar-refractivity contribution in [2.24, 2.45) is 0 Å². The van der Waals surface area contributed by atoms with Gasteiger partial charge in [0.2, 0.25) is 11.8 Å². The van der Waals surface area contributed by atoms with Crippen LogP contribution in [0.25, 0.3) is 0 Å². The second kappa shape index (κ2) is 8.99. The molecule has 1 aromatic rings. The Kier molecular flexibility index (Phi) is 6.40. The van der Waals surface area contributed by atoms with E-state index in [-0.39, 0.29) is 41.1 Å². The van der Waals surface area contributed by atoms with Gasteiger partial charge in [-0.3, -0.25) is 34.2 Å². The average Bonchev–Trinajstić information content (AvgIpc) is 2.97. The highest BCUT2D eigenvalue weighted by Gasteiger charge is 2.38. The number of carbonyl (C=O) groups excluding carboxylic acids is 4. The maximum atomic E-state index is 12.6. The standard InChI is InChI=1S/C19H22N4O7/c1-30-9-6-16(24)20-12-4-7-21(8-5-12)17(25)11-22-18(26)14-3-2-13(23(28)29)10-15(14)19(22)27/h2-3,10,12H,4-9,11H2,1H3,(H,20,24). The third-order valence-corrected chi connectivity index (χ3v) is 5.20. The molecular weight excluding hydrogens is 396 g/mol. The number of imide groups is 1. The number of hydrogen-bond acceptors (Lipinski definition) is 7. The van der Waals surface area contributed by atoms with E-state index < -0.39 is 23.3 Å². The van der Waals surface area contributed by atoms with Crippen LogP contribution in [0.1, 0.15) is 40.0 Å². The number of amides is 4. The van der Waals surface area contributed by atoms with Gasteiger partial charge in [0.15, 0.2) is 0 Å². The number of benzene rings is 1. The summed E-state index contributed by atoms with van der Waals surface area (Å²) in [6, 6.07) is 3.40. The number of rotatable bonds is 7. The third-order valence-electron chi connectivity index (χ3n) is 5.20. The monoisotopic (exact) mass is 418 g/mol. The lowest BCUT2D eigenvalue weighted by molar-refractivity contribution is -0.384. The number of nitro benzene ring substituents is 1. The van der Waals surface area contributed by atoms with Crippen LogP contribution in [0, 0.1) is 10.1 Å². The van der Waals surface area contributed by atoms with Crippen molar-refractivity contribution in [3.63, 3.8) is 0 Å². The molecule has 0 saturated carbocycles. The first-order valence-electron chi connectivity index (χ1n) is 9.52. The Morgan fingerprint density at radius 3 is 2.50 bits per heavy atom. The van der Waals surface area contributed by atoms with E-state index in [0.717, 1.165) is 17.0 Å². The minimum Gasteiger partial charge on any atom is -0.384 e.